The molecule has 0 aromatic heterocycles. The van der Waals surface area contributed by atoms with Crippen molar-refractivity contribution >= 4 is 23.9 Å². The van der Waals surface area contributed by atoms with Gasteiger partial charge in [0.25, 0.3) is 0 Å². The molecule has 0 radical (unpaired) electrons. The van der Waals surface area contributed by atoms with Gasteiger partial charge < -0.3 is 39.6 Å². The molecule has 20 heavy (non-hydrogen) atoms. The third-order valence-corrected chi connectivity index (χ3v) is 0. The number of nitriles is 1. The van der Waals surface area contributed by atoms with Crippen molar-refractivity contribution in [3.8, 4) is 6.07 Å². The van der Waals surface area contributed by atoms with Gasteiger partial charge in [-0.15, -0.1) is 0 Å². The summed E-state index contributed by atoms with van der Waals surface area (Å²) >= 11 is 0. The molecule has 0 aromatic rings. The topological polar surface area (TPSA) is 184 Å². The van der Waals surface area contributed by atoms with Crippen LogP contribution in [0.5, 0.6) is 0 Å². The summed E-state index contributed by atoms with van der Waals surface area (Å²) in [5.41, 5.74) is 0. The number of hydrogen-bond acceptors (Lipinski definition) is 9. The first-order chi connectivity index (χ1) is 8.34. The first kappa shape index (κ1) is 36.1. The van der Waals surface area contributed by atoms with Crippen molar-refractivity contribution in [1.82, 2.24) is 0 Å². The monoisotopic (exact) mass is 325 g/mol. The second kappa shape index (κ2) is 36.0. The second-order valence-corrected chi connectivity index (χ2v) is 2.19. The predicted molar refractivity (Wildman–Crippen MR) is 54.0 cm³/mol. The Morgan fingerprint density at radius 3 is 0.700 bits per heavy atom. The van der Waals surface area contributed by atoms with Gasteiger partial charge in [-0.25, -0.2) is 0 Å². The fraction of sp³-hybridized carbons (Fsp3) is 0.500. The second-order valence-electron chi connectivity index (χ2n) is 2.19. The van der Waals surface area contributed by atoms with Crippen molar-refractivity contribution in [1.29, 1.82) is 5.26 Å². The number of carbonyl (C=O) groups is 4. The van der Waals surface area contributed by atoms with Crippen molar-refractivity contribution in [2.45, 2.75) is 34.6 Å². The molecule has 0 amide bonds. The van der Waals surface area contributed by atoms with Gasteiger partial charge in [0.2, 0.25) is 0 Å². The maximum atomic E-state index is 8.89. The van der Waals surface area contributed by atoms with Crippen LogP contribution in [0, 0.1) is 11.3 Å². The number of carboxylic acid groups (broad SMARTS) is 4. The van der Waals surface area contributed by atoms with E-state index in [9.17, 15) is 0 Å². The molecule has 0 unspecified atom stereocenters. The predicted octanol–water partition coefficient (Wildman–Crippen LogP) is -4.45. The van der Waals surface area contributed by atoms with Crippen LogP contribution in [0.2, 0.25) is 0 Å². The maximum Gasteiger partial charge on any atom is 4.00 e. The summed E-state index contributed by atoms with van der Waals surface area (Å²) in [6.45, 7) is 5.32. The number of aliphatic carboxylic acids is 4. The van der Waals surface area contributed by atoms with Crippen molar-refractivity contribution < 1.29 is 61.3 Å². The number of carbonyl (C=O) groups excluding carboxylic acids is 4. The van der Waals surface area contributed by atoms with Gasteiger partial charge in [0.15, 0.2) is 0 Å². The quantitative estimate of drug-likeness (QED) is 0.396. The van der Waals surface area contributed by atoms with Crippen molar-refractivity contribution in [3.05, 3.63) is 0 Å². The number of hydrogen-bond donors (Lipinski definition) is 0. The van der Waals surface area contributed by atoms with E-state index in [1.54, 1.807) is 6.07 Å². The average molecular weight is 325 g/mol. The van der Waals surface area contributed by atoms with Gasteiger partial charge in [-0.3, -0.25) is 0 Å². The fourth-order valence-electron chi connectivity index (χ4n) is 0. The van der Waals surface area contributed by atoms with Crippen molar-refractivity contribution in [3.63, 3.8) is 0 Å². The molecule has 0 atom stereocenters. The summed E-state index contributed by atoms with van der Waals surface area (Å²) in [4.78, 5) is 35.6. The van der Waals surface area contributed by atoms with Gasteiger partial charge >= 0.3 is 21.7 Å². The molecule has 0 aromatic carbocycles. The molecule has 10 heteroatoms. The Balaban J connectivity index is -0.0000000304. The van der Waals surface area contributed by atoms with E-state index in [2.05, 4.69) is 0 Å². The van der Waals surface area contributed by atoms with E-state index in [0.717, 1.165) is 27.7 Å². The Hall–Kier alpha value is -1.92. The zero-order chi connectivity index (χ0) is 17.0. The minimum atomic E-state index is -1.08. The minimum Gasteiger partial charge on any atom is -0.550 e. The van der Waals surface area contributed by atoms with E-state index in [4.69, 9.17) is 44.9 Å². The summed E-state index contributed by atoms with van der Waals surface area (Å²) in [6.07, 6.45) is 0. The Labute approximate surface area is 131 Å². The molecule has 0 bridgehead atoms. The average Bonchev–Trinajstić information content (AvgIpc) is 1.97. The van der Waals surface area contributed by atoms with E-state index in [1.165, 1.54) is 6.92 Å². The normalized spacial score (nSPS) is 5.40. The molecule has 0 fully saturated rings. The summed E-state index contributed by atoms with van der Waals surface area (Å²) in [7, 11) is 0. The summed E-state index contributed by atoms with van der Waals surface area (Å²) in [6, 6.07) is 1.75. The maximum absolute atomic E-state index is 8.89. The molecule has 0 saturated carbocycles. The van der Waals surface area contributed by atoms with E-state index >= 15 is 0 Å². The first-order valence-electron chi connectivity index (χ1n) is 4.36. The van der Waals surface area contributed by atoms with Crippen LogP contribution < -0.4 is 20.4 Å². The Bertz CT molecular complexity index is 234. The minimum absolute atomic E-state index is 0. The van der Waals surface area contributed by atoms with E-state index in [1.807, 2.05) is 0 Å². The molecule has 112 valence electrons. The smallest absolute Gasteiger partial charge is 0.550 e. The van der Waals surface area contributed by atoms with Crippen LogP contribution in [-0.2, 0) is 40.9 Å². The zero-order valence-corrected chi connectivity index (χ0v) is 13.3. The molecule has 0 spiro atoms. The Morgan fingerprint density at radius 2 is 0.700 bits per heavy atom. The number of carboxylic acids is 4. The van der Waals surface area contributed by atoms with Gasteiger partial charge in [0, 0.05) is 30.8 Å². The molecule has 9 nitrogen and oxygen atoms in total. The van der Waals surface area contributed by atoms with Crippen LogP contribution in [0.4, 0.5) is 0 Å². The Morgan fingerprint density at radius 1 is 0.700 bits per heavy atom. The van der Waals surface area contributed by atoms with Crippen LogP contribution >= 0.6 is 0 Å². The van der Waals surface area contributed by atoms with Crippen LogP contribution in [0.1, 0.15) is 34.6 Å². The molecule has 0 aliphatic carbocycles. The van der Waals surface area contributed by atoms with E-state index < -0.39 is 23.9 Å². The molecule has 0 saturated heterocycles. The van der Waals surface area contributed by atoms with Crippen LogP contribution in [0.15, 0.2) is 0 Å². The van der Waals surface area contributed by atoms with Crippen molar-refractivity contribution in [2.75, 3.05) is 0 Å². The number of nitrogens with zero attached hydrogens (tertiary/aromatic N) is 1. The van der Waals surface area contributed by atoms with Gasteiger partial charge in [0.05, 0.1) is 6.07 Å². The van der Waals surface area contributed by atoms with E-state index in [0.29, 0.717) is 0 Å². The third-order valence-electron chi connectivity index (χ3n) is 0. The van der Waals surface area contributed by atoms with Crippen LogP contribution in [0.25, 0.3) is 0 Å². The van der Waals surface area contributed by atoms with Gasteiger partial charge in [-0.05, 0) is 27.7 Å². The zero-order valence-electron chi connectivity index (χ0n) is 11.7. The Kier molecular flexibility index (Phi) is 65.0. The third kappa shape index (κ3) is 997. The van der Waals surface area contributed by atoms with Gasteiger partial charge in [-0.1, -0.05) is 0 Å². The van der Waals surface area contributed by atoms with Crippen LogP contribution in [-0.4, -0.2) is 23.9 Å². The standard InChI is InChI=1S/C2H3N.4C2H4O2.Ti/c1-2-3;4*1-2(3)4;/h1H3;4*1H3,(H,3,4);/q;;;;;+4/p-4. The molecular weight excluding hydrogens is 310 g/mol. The van der Waals surface area contributed by atoms with Gasteiger partial charge in [0.1, 0.15) is 0 Å². The summed E-state index contributed by atoms with van der Waals surface area (Å²) in [5.74, 6) is -4.33. The molecule has 0 aliphatic rings. The van der Waals surface area contributed by atoms with Crippen LogP contribution in [0.3, 0.4) is 0 Å². The summed E-state index contributed by atoms with van der Waals surface area (Å²) in [5, 5.41) is 42.9. The van der Waals surface area contributed by atoms with E-state index in [-0.39, 0.29) is 21.7 Å². The van der Waals surface area contributed by atoms with Crippen molar-refractivity contribution in [2.24, 2.45) is 0 Å². The fourth-order valence-corrected chi connectivity index (χ4v) is 0. The molecule has 0 heterocycles. The van der Waals surface area contributed by atoms with Gasteiger partial charge in [-0.2, -0.15) is 5.26 Å². The first-order valence-corrected chi connectivity index (χ1v) is 4.36. The summed E-state index contributed by atoms with van der Waals surface area (Å²) < 4.78 is 0. The number of rotatable bonds is 0. The largest absolute Gasteiger partial charge is 4.00 e. The molecule has 0 N–H and O–H groups in total. The molecular formula is C10H15NO8Ti. The molecule has 0 rings (SSSR count). The molecule has 0 aliphatic heterocycles. The SMILES string of the molecule is CC#N.CC(=O)[O-].CC(=O)[O-].CC(=O)[O-].CC(=O)[O-].[Ti+4].